The molecule has 52 heavy (non-hydrogen) atoms. The molecule has 2 aromatic carbocycles. The number of aromatic amines is 1. The van der Waals surface area contributed by atoms with Crippen molar-refractivity contribution < 1.29 is 19.2 Å². The van der Waals surface area contributed by atoms with Gasteiger partial charge in [-0.1, -0.05) is 30.0 Å². The van der Waals surface area contributed by atoms with Crippen molar-refractivity contribution in [2.75, 3.05) is 18.9 Å². The van der Waals surface area contributed by atoms with Gasteiger partial charge in [-0.25, -0.2) is 4.98 Å². The Kier molecular flexibility index (Phi) is 8.86. The van der Waals surface area contributed by atoms with Crippen molar-refractivity contribution in [3.8, 4) is 23.1 Å². The van der Waals surface area contributed by atoms with Crippen molar-refractivity contribution in [3.05, 3.63) is 101 Å². The third kappa shape index (κ3) is 6.58. The molecule has 0 radical (unpaired) electrons. The summed E-state index contributed by atoms with van der Waals surface area (Å²) in [5, 5.41) is 11.0. The molecule has 8 rings (SSSR count). The number of carbonyl (C=O) groups excluding carboxylic acids is 4. The number of amides is 4. The van der Waals surface area contributed by atoms with E-state index in [4.69, 9.17) is 5.10 Å². The van der Waals surface area contributed by atoms with E-state index >= 15 is 0 Å². The van der Waals surface area contributed by atoms with E-state index < -0.39 is 11.9 Å². The number of imide groups is 1. The number of aryl methyl sites for hydroxylation is 1. The Bertz CT molecular complexity index is 2280. The zero-order chi connectivity index (χ0) is 35.8. The summed E-state index contributed by atoms with van der Waals surface area (Å²) in [6, 6.07) is 18.5. The summed E-state index contributed by atoms with van der Waals surface area (Å²) in [6.07, 6.45) is 8.01. The van der Waals surface area contributed by atoms with E-state index in [0.717, 1.165) is 52.7 Å². The number of H-pyrrole nitrogens is 1. The molecule has 2 saturated heterocycles. The molecule has 5 aromatic rings. The SMILES string of the molecule is CN1CCC[C@@H]1c1cc2cnc(NC(=O)c3ccc(-c4ccn(CCCC#Cc5cccc6c5CN(C5CCC(=O)NC5=O)C6=O)n4)cc3)cc2[nH]1. The van der Waals surface area contributed by atoms with Gasteiger partial charge in [0.2, 0.25) is 11.8 Å². The fraction of sp³-hybridized carbons (Fsp3) is 0.300. The summed E-state index contributed by atoms with van der Waals surface area (Å²) in [5.74, 6) is 5.79. The number of anilines is 1. The molecule has 0 saturated carbocycles. The van der Waals surface area contributed by atoms with Crippen LogP contribution >= 0.6 is 0 Å². The number of rotatable bonds is 8. The zero-order valence-corrected chi connectivity index (χ0v) is 28.8. The van der Waals surface area contributed by atoms with Crippen LogP contribution in [0, 0.1) is 11.8 Å². The molecule has 0 aliphatic carbocycles. The number of pyridine rings is 1. The molecule has 0 bridgehead atoms. The Morgan fingerprint density at radius 2 is 1.90 bits per heavy atom. The van der Waals surface area contributed by atoms with Crippen LogP contribution in [0.25, 0.3) is 22.2 Å². The molecule has 3 N–H and O–H groups in total. The molecule has 262 valence electrons. The molecule has 3 aliphatic rings. The number of hydrogen-bond acceptors (Lipinski definition) is 7. The Morgan fingerprint density at radius 3 is 2.71 bits per heavy atom. The highest BCUT2D eigenvalue weighted by atomic mass is 16.2. The summed E-state index contributed by atoms with van der Waals surface area (Å²) in [5.41, 5.74) is 6.53. The molecule has 3 aliphatic heterocycles. The number of nitrogens with one attached hydrogen (secondary N) is 3. The molecular weight excluding hydrogens is 656 g/mol. The smallest absolute Gasteiger partial charge is 0.256 e. The fourth-order valence-electron chi connectivity index (χ4n) is 7.41. The Morgan fingerprint density at radius 1 is 1.04 bits per heavy atom. The number of fused-ring (bicyclic) bond motifs is 2. The predicted octanol–water partition coefficient (Wildman–Crippen LogP) is 5.04. The van der Waals surface area contributed by atoms with Gasteiger partial charge in [0.05, 0.1) is 11.2 Å². The van der Waals surface area contributed by atoms with Gasteiger partial charge in [-0.3, -0.25) is 34.1 Å². The predicted molar refractivity (Wildman–Crippen MR) is 195 cm³/mol. The van der Waals surface area contributed by atoms with Crippen molar-refractivity contribution in [2.45, 2.75) is 63.7 Å². The van der Waals surface area contributed by atoms with Gasteiger partial charge >= 0.3 is 0 Å². The van der Waals surface area contributed by atoms with Crippen LogP contribution in [0.4, 0.5) is 5.82 Å². The minimum atomic E-state index is -0.652. The molecule has 3 aromatic heterocycles. The maximum Gasteiger partial charge on any atom is 0.256 e. The molecule has 12 heteroatoms. The summed E-state index contributed by atoms with van der Waals surface area (Å²) in [4.78, 5) is 62.0. The fourth-order valence-corrected chi connectivity index (χ4v) is 7.41. The van der Waals surface area contributed by atoms with E-state index in [1.54, 1.807) is 29.3 Å². The van der Waals surface area contributed by atoms with Crippen LogP contribution in [0.1, 0.15) is 82.1 Å². The van der Waals surface area contributed by atoms with Gasteiger partial charge in [0, 0.05) is 83.8 Å². The first kappa shape index (κ1) is 33.1. The van der Waals surface area contributed by atoms with Gasteiger partial charge in [-0.15, -0.1) is 0 Å². The number of benzene rings is 2. The number of aromatic nitrogens is 4. The Labute approximate surface area is 300 Å². The molecule has 12 nitrogen and oxygen atoms in total. The average molecular weight is 695 g/mol. The van der Waals surface area contributed by atoms with Crippen LogP contribution < -0.4 is 10.6 Å². The largest absolute Gasteiger partial charge is 0.357 e. The first-order chi connectivity index (χ1) is 25.3. The van der Waals surface area contributed by atoms with E-state index in [1.165, 1.54) is 12.1 Å². The van der Waals surface area contributed by atoms with Crippen molar-refractivity contribution in [1.29, 1.82) is 0 Å². The second kappa shape index (κ2) is 13.9. The van der Waals surface area contributed by atoms with E-state index in [2.05, 4.69) is 50.5 Å². The molecule has 2 fully saturated rings. The first-order valence-electron chi connectivity index (χ1n) is 17.7. The maximum absolute atomic E-state index is 13.1. The number of hydrogen-bond donors (Lipinski definition) is 3. The molecule has 0 spiro atoms. The van der Waals surface area contributed by atoms with Gasteiger partial charge in [-0.05, 0) is 81.2 Å². The van der Waals surface area contributed by atoms with Crippen LogP contribution in [0.3, 0.4) is 0 Å². The lowest BCUT2D eigenvalue weighted by molar-refractivity contribution is -0.136. The number of carbonyl (C=O) groups is 4. The third-order valence-electron chi connectivity index (χ3n) is 10.2. The van der Waals surface area contributed by atoms with Gasteiger partial charge in [0.1, 0.15) is 11.9 Å². The second-order valence-corrected chi connectivity index (χ2v) is 13.7. The minimum absolute atomic E-state index is 0.204. The van der Waals surface area contributed by atoms with Crippen molar-refractivity contribution in [1.82, 2.24) is 34.9 Å². The van der Waals surface area contributed by atoms with Crippen molar-refractivity contribution in [3.63, 3.8) is 0 Å². The van der Waals surface area contributed by atoms with E-state index in [0.29, 0.717) is 48.9 Å². The summed E-state index contributed by atoms with van der Waals surface area (Å²) >= 11 is 0. The number of likely N-dealkylation sites (tertiary alicyclic amines) is 1. The Hall–Kier alpha value is -6.06. The molecule has 2 atom stereocenters. The van der Waals surface area contributed by atoms with Crippen LogP contribution in [0.5, 0.6) is 0 Å². The number of nitrogens with zero attached hydrogens (tertiary/aromatic N) is 5. The summed E-state index contributed by atoms with van der Waals surface area (Å²) in [7, 11) is 2.15. The lowest BCUT2D eigenvalue weighted by Gasteiger charge is -2.29. The lowest BCUT2D eigenvalue weighted by atomic mass is 10.0. The van der Waals surface area contributed by atoms with Crippen LogP contribution in [0.2, 0.25) is 0 Å². The van der Waals surface area contributed by atoms with Gasteiger partial charge in [-0.2, -0.15) is 5.10 Å². The van der Waals surface area contributed by atoms with Gasteiger partial charge in [0.15, 0.2) is 0 Å². The highest BCUT2D eigenvalue weighted by Crippen LogP contribution is 2.32. The maximum atomic E-state index is 13.1. The third-order valence-corrected chi connectivity index (χ3v) is 10.2. The van der Waals surface area contributed by atoms with Crippen LogP contribution in [-0.2, 0) is 22.7 Å². The zero-order valence-electron chi connectivity index (χ0n) is 28.8. The molecular formula is C40H38N8O4. The molecule has 4 amide bonds. The van der Waals surface area contributed by atoms with Gasteiger partial charge < -0.3 is 15.2 Å². The lowest BCUT2D eigenvalue weighted by Crippen LogP contribution is -2.52. The van der Waals surface area contributed by atoms with E-state index in [9.17, 15) is 19.2 Å². The standard InChI is InChI=1S/C40H38N8O4/c1-46-18-6-10-34(46)33-21-28-23-41-36(22-32(28)42-33)43-38(50)27-13-11-26(12-14-27)31-17-20-47(45-31)19-4-2-3-7-25-8-5-9-29-30(25)24-48(40(29)52)35-15-16-37(49)44-39(35)51/h5,8-9,11-14,17,20-23,34-35,42H,2,4,6,10,15-16,18-19,24H2,1H3,(H,41,43,50)(H,44,49,51)/t34-,35?/m1/s1. The molecule has 6 heterocycles. The first-order valence-corrected chi connectivity index (χ1v) is 17.7. The monoisotopic (exact) mass is 694 g/mol. The van der Waals surface area contributed by atoms with Crippen molar-refractivity contribution in [2.24, 2.45) is 0 Å². The van der Waals surface area contributed by atoms with E-state index in [-0.39, 0.29) is 24.1 Å². The normalized spacial score (nSPS) is 18.7. The second-order valence-electron chi connectivity index (χ2n) is 13.7. The highest BCUT2D eigenvalue weighted by molar-refractivity contribution is 6.06. The summed E-state index contributed by atoms with van der Waals surface area (Å²) < 4.78 is 1.88. The van der Waals surface area contributed by atoms with Crippen LogP contribution in [-0.4, -0.2) is 72.8 Å². The average Bonchev–Trinajstić information content (AvgIpc) is 3.95. The molecule has 1 unspecified atom stereocenters. The topological polar surface area (TPSA) is 145 Å². The minimum Gasteiger partial charge on any atom is -0.357 e. The van der Waals surface area contributed by atoms with Crippen molar-refractivity contribution >= 4 is 40.3 Å². The van der Waals surface area contributed by atoms with Crippen LogP contribution in [0.15, 0.2) is 73.1 Å². The highest BCUT2D eigenvalue weighted by Gasteiger charge is 2.39. The number of unbranched alkanes of at least 4 members (excludes halogenated alkanes) is 1. The van der Waals surface area contributed by atoms with E-state index in [1.807, 2.05) is 47.3 Å². The quantitative estimate of drug-likeness (QED) is 0.117. The Balaban J connectivity index is 0.840. The summed E-state index contributed by atoms with van der Waals surface area (Å²) in [6.45, 7) is 2.08. The van der Waals surface area contributed by atoms with Gasteiger partial charge in [0.25, 0.3) is 11.8 Å². The number of piperidine rings is 1.